The lowest BCUT2D eigenvalue weighted by Crippen LogP contribution is -2.15. The third-order valence-electron chi connectivity index (χ3n) is 4.20. The number of allylic oxidation sites excluding steroid dienone is 1. The van der Waals surface area contributed by atoms with Crippen molar-refractivity contribution in [2.45, 2.75) is 31.5 Å². The van der Waals surface area contributed by atoms with Gasteiger partial charge in [-0.3, -0.25) is 9.59 Å². The smallest absolute Gasteiger partial charge is 0.339 e. The van der Waals surface area contributed by atoms with Gasteiger partial charge in [0.15, 0.2) is 0 Å². The highest BCUT2D eigenvalue weighted by molar-refractivity contribution is 5.87. The van der Waals surface area contributed by atoms with Gasteiger partial charge in [0, 0.05) is 24.1 Å². The normalized spacial score (nSPS) is 25.1. The van der Waals surface area contributed by atoms with Crippen LogP contribution in [0.4, 0.5) is 0 Å². The van der Waals surface area contributed by atoms with Gasteiger partial charge in [0.05, 0.1) is 31.9 Å². The Bertz CT molecular complexity index is 809. The van der Waals surface area contributed by atoms with Crippen LogP contribution >= 0.6 is 0 Å². The number of methoxy groups -OCH3 is 1. The summed E-state index contributed by atoms with van der Waals surface area (Å²) in [7, 11) is 1.48. The first kappa shape index (κ1) is 15.5. The number of esters is 3. The molecule has 2 saturated heterocycles. The van der Waals surface area contributed by atoms with Gasteiger partial charge in [-0.1, -0.05) is 0 Å². The first-order chi connectivity index (χ1) is 12.0. The Morgan fingerprint density at radius 3 is 2.76 bits per heavy atom. The molecule has 0 spiro atoms. The van der Waals surface area contributed by atoms with E-state index < -0.39 is 12.3 Å². The quantitative estimate of drug-likeness (QED) is 0.462. The van der Waals surface area contributed by atoms with Gasteiger partial charge >= 0.3 is 17.9 Å². The molecule has 2 fully saturated rings. The lowest BCUT2D eigenvalue weighted by Gasteiger charge is -2.11. The Labute approximate surface area is 142 Å². The van der Waals surface area contributed by atoms with Crippen molar-refractivity contribution in [1.82, 2.24) is 0 Å². The van der Waals surface area contributed by atoms with Gasteiger partial charge in [-0.2, -0.15) is 0 Å². The number of hydrogen-bond acceptors (Lipinski definition) is 8. The number of carbonyl (C=O) groups is 3. The van der Waals surface area contributed by atoms with Gasteiger partial charge in [0.2, 0.25) is 0 Å². The van der Waals surface area contributed by atoms with E-state index in [9.17, 15) is 14.4 Å². The predicted octanol–water partition coefficient (Wildman–Crippen LogP) is 1.57. The maximum Gasteiger partial charge on any atom is 0.339 e. The molecule has 8 heteroatoms. The van der Waals surface area contributed by atoms with Gasteiger partial charge in [-0.05, 0) is 0 Å². The SMILES string of the molecule is COc1cc(OC(=O)/C=C2\CCC(=O)O2)c2c(c1)O[C@H]1OC(=O)C[C@H]21. The van der Waals surface area contributed by atoms with Crippen LogP contribution in [0.15, 0.2) is 24.0 Å². The Morgan fingerprint density at radius 1 is 1.20 bits per heavy atom. The fourth-order valence-corrected chi connectivity index (χ4v) is 3.09. The number of cyclic esters (lactones) is 1. The van der Waals surface area contributed by atoms with E-state index in [1.54, 1.807) is 12.1 Å². The molecule has 0 aliphatic carbocycles. The van der Waals surface area contributed by atoms with Crippen molar-refractivity contribution in [3.8, 4) is 17.2 Å². The number of fused-ring (bicyclic) bond motifs is 3. The molecule has 130 valence electrons. The molecule has 0 N–H and O–H groups in total. The molecule has 2 atom stereocenters. The van der Waals surface area contributed by atoms with E-state index in [1.165, 1.54) is 7.11 Å². The number of hydrogen-bond donors (Lipinski definition) is 0. The van der Waals surface area contributed by atoms with E-state index in [1.807, 2.05) is 0 Å². The lowest BCUT2D eigenvalue weighted by molar-refractivity contribution is -0.150. The molecule has 0 aromatic heterocycles. The number of benzene rings is 1. The molecule has 1 aromatic carbocycles. The molecule has 4 rings (SSSR count). The van der Waals surface area contributed by atoms with Crippen molar-refractivity contribution in [1.29, 1.82) is 0 Å². The Hall–Kier alpha value is -3.03. The van der Waals surface area contributed by atoms with Crippen LogP contribution in [0.1, 0.15) is 30.7 Å². The number of rotatable bonds is 3. The summed E-state index contributed by atoms with van der Waals surface area (Å²) in [5.74, 6) is -0.387. The van der Waals surface area contributed by atoms with Crippen LogP contribution < -0.4 is 14.2 Å². The lowest BCUT2D eigenvalue weighted by atomic mass is 9.97. The largest absolute Gasteiger partial charge is 0.496 e. The van der Waals surface area contributed by atoms with E-state index in [0.717, 1.165) is 6.08 Å². The molecule has 0 radical (unpaired) electrons. The van der Waals surface area contributed by atoms with Gasteiger partial charge in [-0.15, -0.1) is 0 Å². The second kappa shape index (κ2) is 5.80. The average molecular weight is 346 g/mol. The van der Waals surface area contributed by atoms with Gasteiger partial charge in [0.25, 0.3) is 6.29 Å². The van der Waals surface area contributed by atoms with E-state index in [2.05, 4.69) is 0 Å². The zero-order valence-corrected chi connectivity index (χ0v) is 13.3. The standard InChI is InChI=1S/C17H14O8/c1-21-9-4-11(23-14(19)6-8-2-3-13(18)22-8)16-10-7-15(20)25-17(10)24-12(16)5-9/h4-6,10,17H,2-3,7H2,1H3/b8-6+/t10-,17+/m1/s1. The Balaban J connectivity index is 1.63. The minimum Gasteiger partial charge on any atom is -0.496 e. The molecular weight excluding hydrogens is 332 g/mol. The second-order valence-corrected chi connectivity index (χ2v) is 5.83. The highest BCUT2D eigenvalue weighted by Crippen LogP contribution is 2.50. The molecular formula is C17H14O8. The number of carbonyl (C=O) groups excluding carboxylic acids is 3. The molecule has 0 bridgehead atoms. The summed E-state index contributed by atoms with van der Waals surface area (Å²) in [6.45, 7) is 0. The van der Waals surface area contributed by atoms with Crippen LogP contribution in [-0.2, 0) is 23.9 Å². The third kappa shape index (κ3) is 2.79. The molecule has 3 heterocycles. The minimum atomic E-state index is -0.721. The van der Waals surface area contributed by atoms with Crippen LogP contribution in [0.2, 0.25) is 0 Å². The molecule has 0 unspecified atom stereocenters. The van der Waals surface area contributed by atoms with E-state index >= 15 is 0 Å². The van der Waals surface area contributed by atoms with Crippen molar-refractivity contribution in [3.05, 3.63) is 29.5 Å². The van der Waals surface area contributed by atoms with Crippen LogP contribution in [0.3, 0.4) is 0 Å². The van der Waals surface area contributed by atoms with E-state index in [-0.39, 0.29) is 42.2 Å². The Kier molecular flexibility index (Phi) is 3.60. The zero-order valence-electron chi connectivity index (χ0n) is 13.3. The zero-order chi connectivity index (χ0) is 17.6. The highest BCUT2D eigenvalue weighted by atomic mass is 16.7. The summed E-state index contributed by atoms with van der Waals surface area (Å²) in [6.07, 6.45) is 1.17. The first-order valence-corrected chi connectivity index (χ1v) is 7.74. The first-order valence-electron chi connectivity index (χ1n) is 7.74. The summed E-state index contributed by atoms with van der Waals surface area (Å²) < 4.78 is 26.2. The number of ether oxygens (including phenoxy) is 5. The van der Waals surface area contributed by atoms with Crippen molar-refractivity contribution in [3.63, 3.8) is 0 Å². The summed E-state index contributed by atoms with van der Waals surface area (Å²) in [6, 6.07) is 3.19. The summed E-state index contributed by atoms with van der Waals surface area (Å²) >= 11 is 0. The van der Waals surface area contributed by atoms with Crippen molar-refractivity contribution >= 4 is 17.9 Å². The van der Waals surface area contributed by atoms with Crippen LogP contribution in [0.5, 0.6) is 17.2 Å². The average Bonchev–Trinajstić information content (AvgIpc) is 3.20. The summed E-state index contributed by atoms with van der Waals surface area (Å²) in [4.78, 5) is 34.7. The fraction of sp³-hybridized carbons (Fsp3) is 0.353. The monoisotopic (exact) mass is 346 g/mol. The Morgan fingerprint density at radius 2 is 2.04 bits per heavy atom. The van der Waals surface area contributed by atoms with Crippen LogP contribution in [-0.4, -0.2) is 31.3 Å². The molecule has 8 nitrogen and oxygen atoms in total. The predicted molar refractivity (Wildman–Crippen MR) is 79.9 cm³/mol. The van der Waals surface area contributed by atoms with E-state index in [0.29, 0.717) is 23.5 Å². The highest BCUT2D eigenvalue weighted by Gasteiger charge is 2.46. The van der Waals surface area contributed by atoms with Crippen LogP contribution in [0.25, 0.3) is 0 Å². The van der Waals surface area contributed by atoms with Gasteiger partial charge in [-0.25, -0.2) is 4.79 Å². The molecule has 3 aliphatic heterocycles. The van der Waals surface area contributed by atoms with Gasteiger partial charge < -0.3 is 23.7 Å². The maximum atomic E-state index is 12.2. The second-order valence-electron chi connectivity index (χ2n) is 5.83. The fourth-order valence-electron chi connectivity index (χ4n) is 3.09. The minimum absolute atomic E-state index is 0.146. The van der Waals surface area contributed by atoms with Crippen LogP contribution in [0, 0.1) is 0 Å². The molecule has 0 amide bonds. The maximum absolute atomic E-state index is 12.2. The van der Waals surface area contributed by atoms with Crippen molar-refractivity contribution in [2.75, 3.05) is 7.11 Å². The van der Waals surface area contributed by atoms with E-state index in [4.69, 9.17) is 23.7 Å². The molecule has 3 aliphatic rings. The topological polar surface area (TPSA) is 97.4 Å². The third-order valence-corrected chi connectivity index (χ3v) is 4.20. The van der Waals surface area contributed by atoms with Crippen molar-refractivity contribution in [2.24, 2.45) is 0 Å². The van der Waals surface area contributed by atoms with Crippen molar-refractivity contribution < 1.29 is 38.1 Å². The van der Waals surface area contributed by atoms with Gasteiger partial charge in [0.1, 0.15) is 23.0 Å². The molecule has 25 heavy (non-hydrogen) atoms. The summed E-state index contributed by atoms with van der Waals surface area (Å²) in [5, 5.41) is 0. The molecule has 1 aromatic rings. The molecule has 0 saturated carbocycles. The summed E-state index contributed by atoms with van der Waals surface area (Å²) in [5.41, 5.74) is 0.590.